The lowest BCUT2D eigenvalue weighted by molar-refractivity contribution is -0.145. The van der Waals surface area contributed by atoms with Crippen LogP contribution in [-0.2, 0) is 47.4 Å². The van der Waals surface area contributed by atoms with Gasteiger partial charge in [0.05, 0.1) is 22.3 Å². The lowest BCUT2D eigenvalue weighted by Crippen LogP contribution is -2.16. The Morgan fingerprint density at radius 3 is 1.15 bits per heavy atom. The van der Waals surface area contributed by atoms with E-state index >= 15 is 0 Å². The fraction of sp³-hybridized carbons (Fsp3) is 0.316. The summed E-state index contributed by atoms with van der Waals surface area (Å²) in [6.07, 6.45) is -22.6. The summed E-state index contributed by atoms with van der Waals surface area (Å²) < 4.78 is 163. The van der Waals surface area contributed by atoms with Gasteiger partial charge in [-0.15, -0.1) is 0 Å². The van der Waals surface area contributed by atoms with Crippen LogP contribution in [-0.4, -0.2) is 6.16 Å². The lowest BCUT2D eigenvalue weighted by atomic mass is 10.0. The maximum Gasteiger partial charge on any atom is 0.508 e. The molecule has 0 N–H and O–H groups in total. The second-order valence-corrected chi connectivity index (χ2v) is 6.56. The highest BCUT2D eigenvalue weighted by molar-refractivity contribution is 5.60. The van der Waals surface area contributed by atoms with Crippen molar-refractivity contribution in [3.05, 3.63) is 69.8 Å². The predicted octanol–water partition coefficient (Wildman–Crippen LogP) is 7.62. The first-order valence-electron chi connectivity index (χ1n) is 8.64. The summed E-state index contributed by atoms with van der Waals surface area (Å²) in [6, 6.07) is 0.908. The number of hydrogen-bond donors (Lipinski definition) is 0. The van der Waals surface area contributed by atoms with Crippen molar-refractivity contribution < 1.29 is 67.0 Å². The number of halogens is 12. The van der Waals surface area contributed by atoms with Gasteiger partial charge in [-0.05, 0) is 24.3 Å². The molecular weight excluding hydrogens is 504 g/mol. The zero-order valence-electron chi connectivity index (χ0n) is 16.1. The molecule has 0 aliphatic rings. The van der Waals surface area contributed by atoms with Crippen molar-refractivity contribution >= 4 is 6.16 Å². The molecule has 0 atom stereocenters. The number of benzene rings is 2. The van der Waals surface area contributed by atoms with Crippen LogP contribution in [0.25, 0.3) is 0 Å². The second kappa shape index (κ2) is 9.25. The Labute approximate surface area is 181 Å². The lowest BCUT2D eigenvalue weighted by Gasteiger charge is -2.17. The molecule has 0 aromatic heterocycles. The molecule has 3 nitrogen and oxygen atoms in total. The minimum Gasteiger partial charge on any atom is -0.429 e. The molecule has 0 bridgehead atoms. The molecule has 0 spiro atoms. The Morgan fingerprint density at radius 2 is 0.882 bits per heavy atom. The molecule has 0 radical (unpaired) electrons. The largest absolute Gasteiger partial charge is 0.508 e. The van der Waals surface area contributed by atoms with Crippen LogP contribution in [0.1, 0.15) is 33.4 Å². The van der Waals surface area contributed by atoms with Crippen molar-refractivity contribution in [3.8, 4) is 0 Å². The van der Waals surface area contributed by atoms with Crippen LogP contribution >= 0.6 is 0 Å². The van der Waals surface area contributed by atoms with Crippen LogP contribution in [0.5, 0.6) is 0 Å². The van der Waals surface area contributed by atoms with Gasteiger partial charge >= 0.3 is 30.9 Å². The minimum atomic E-state index is -5.27. The molecule has 0 saturated heterocycles. The summed E-state index contributed by atoms with van der Waals surface area (Å²) in [7, 11) is 0. The van der Waals surface area contributed by atoms with Crippen LogP contribution in [0.3, 0.4) is 0 Å². The van der Waals surface area contributed by atoms with Gasteiger partial charge in [-0.3, -0.25) is 0 Å². The average molecular weight is 514 g/mol. The standard InChI is InChI=1S/C19H10F12O3/c20-16(21,22)11-3-1-9(13(5-11)18(26,27)28)7-33-15(32)34-8-10-2-4-12(17(23,24)25)6-14(10)19(29,30)31/h1-6H,7-8H2. The van der Waals surface area contributed by atoms with E-state index in [1.807, 2.05) is 0 Å². The van der Waals surface area contributed by atoms with Gasteiger partial charge in [0.2, 0.25) is 0 Å². The number of carbonyl (C=O) groups is 1. The molecule has 188 valence electrons. The zero-order chi connectivity index (χ0) is 26.1. The van der Waals surface area contributed by atoms with Crippen molar-refractivity contribution in [1.29, 1.82) is 0 Å². The van der Waals surface area contributed by atoms with Gasteiger partial charge in [-0.25, -0.2) is 4.79 Å². The average Bonchev–Trinajstić information content (AvgIpc) is 2.67. The molecule has 0 fully saturated rings. The first-order chi connectivity index (χ1) is 15.3. The molecule has 0 aliphatic heterocycles. The molecular formula is C19H10F12O3. The molecule has 2 aromatic rings. The third kappa shape index (κ3) is 6.93. The Morgan fingerprint density at radius 1 is 0.559 bits per heavy atom. The zero-order valence-corrected chi connectivity index (χ0v) is 16.1. The molecule has 2 rings (SSSR count). The maximum absolute atomic E-state index is 13.1. The molecule has 15 heteroatoms. The van der Waals surface area contributed by atoms with Crippen molar-refractivity contribution in [2.45, 2.75) is 37.9 Å². The van der Waals surface area contributed by atoms with E-state index in [4.69, 9.17) is 0 Å². The second-order valence-electron chi connectivity index (χ2n) is 6.56. The first-order valence-corrected chi connectivity index (χ1v) is 8.64. The third-order valence-electron chi connectivity index (χ3n) is 4.18. The van der Waals surface area contributed by atoms with E-state index in [0.717, 1.165) is 0 Å². The molecule has 0 amide bonds. The van der Waals surface area contributed by atoms with E-state index < -0.39 is 77.5 Å². The van der Waals surface area contributed by atoms with Crippen LogP contribution in [0.15, 0.2) is 36.4 Å². The number of hydrogen-bond acceptors (Lipinski definition) is 3. The molecule has 0 heterocycles. The Kier molecular flexibility index (Phi) is 7.38. The highest BCUT2D eigenvalue weighted by Gasteiger charge is 2.39. The number of rotatable bonds is 4. The Hall–Kier alpha value is -3.13. The summed E-state index contributed by atoms with van der Waals surface area (Å²) in [5, 5.41) is 0. The van der Waals surface area contributed by atoms with Crippen molar-refractivity contribution in [2.24, 2.45) is 0 Å². The van der Waals surface area contributed by atoms with Crippen molar-refractivity contribution in [3.63, 3.8) is 0 Å². The fourth-order valence-corrected chi connectivity index (χ4v) is 2.60. The van der Waals surface area contributed by atoms with Crippen molar-refractivity contribution in [2.75, 3.05) is 0 Å². The monoisotopic (exact) mass is 514 g/mol. The third-order valence-corrected chi connectivity index (χ3v) is 4.18. The van der Waals surface area contributed by atoms with Gasteiger partial charge in [-0.2, -0.15) is 52.7 Å². The molecule has 0 aliphatic carbocycles. The quantitative estimate of drug-likeness (QED) is 0.311. The SMILES string of the molecule is O=C(OCc1ccc(C(F)(F)F)cc1C(F)(F)F)OCc1ccc(C(F)(F)F)cc1C(F)(F)F. The summed E-state index contributed by atoms with van der Waals surface area (Å²) in [5.41, 5.74) is -8.65. The van der Waals surface area contributed by atoms with E-state index in [-0.39, 0.29) is 24.3 Å². The maximum atomic E-state index is 13.1. The summed E-state index contributed by atoms with van der Waals surface area (Å²) >= 11 is 0. The van der Waals surface area contributed by atoms with Gasteiger partial charge in [-0.1, -0.05) is 12.1 Å². The van der Waals surface area contributed by atoms with Crippen LogP contribution in [0, 0.1) is 0 Å². The fourth-order valence-electron chi connectivity index (χ4n) is 2.60. The van der Waals surface area contributed by atoms with Crippen LogP contribution in [0.2, 0.25) is 0 Å². The van der Waals surface area contributed by atoms with Gasteiger partial charge < -0.3 is 9.47 Å². The van der Waals surface area contributed by atoms with Gasteiger partial charge in [0, 0.05) is 11.1 Å². The topological polar surface area (TPSA) is 35.5 Å². The Balaban J connectivity index is 2.15. The minimum absolute atomic E-state index is 0.220. The Bertz CT molecular complexity index is 951. The predicted molar refractivity (Wildman–Crippen MR) is 87.9 cm³/mol. The smallest absolute Gasteiger partial charge is 0.429 e. The molecule has 0 unspecified atom stereocenters. The van der Waals surface area contributed by atoms with Gasteiger partial charge in [0.25, 0.3) is 0 Å². The summed E-state index contributed by atoms with van der Waals surface area (Å²) in [4.78, 5) is 11.6. The van der Waals surface area contributed by atoms with E-state index in [9.17, 15) is 57.5 Å². The number of alkyl halides is 12. The van der Waals surface area contributed by atoms with Gasteiger partial charge in [0.15, 0.2) is 0 Å². The molecule has 34 heavy (non-hydrogen) atoms. The molecule has 0 saturated carbocycles. The number of carbonyl (C=O) groups excluding carboxylic acids is 1. The van der Waals surface area contributed by atoms with Crippen LogP contribution in [0.4, 0.5) is 57.5 Å². The van der Waals surface area contributed by atoms with Crippen molar-refractivity contribution in [1.82, 2.24) is 0 Å². The van der Waals surface area contributed by atoms with E-state index in [1.54, 1.807) is 0 Å². The summed E-state index contributed by atoms with van der Waals surface area (Å²) in [5.74, 6) is 0. The summed E-state index contributed by atoms with van der Waals surface area (Å²) in [6.45, 7) is -2.52. The van der Waals surface area contributed by atoms with E-state index in [0.29, 0.717) is 12.1 Å². The normalized spacial score (nSPS) is 13.1. The van der Waals surface area contributed by atoms with E-state index in [2.05, 4.69) is 9.47 Å². The molecule has 2 aromatic carbocycles. The highest BCUT2D eigenvalue weighted by Crippen LogP contribution is 2.39. The van der Waals surface area contributed by atoms with Crippen LogP contribution < -0.4 is 0 Å². The first kappa shape index (κ1) is 27.1. The van der Waals surface area contributed by atoms with Gasteiger partial charge in [0.1, 0.15) is 13.2 Å². The van der Waals surface area contributed by atoms with E-state index in [1.165, 1.54) is 0 Å². The number of ether oxygens (including phenoxy) is 2. The highest BCUT2D eigenvalue weighted by atomic mass is 19.4.